The van der Waals surface area contributed by atoms with Gasteiger partial charge >= 0.3 is 5.97 Å². The molecular weight excluding hydrogens is 132 g/mol. The van der Waals surface area contributed by atoms with Gasteiger partial charge in [-0.05, 0) is 0 Å². The molecule has 0 unspecified atom stereocenters. The number of hydrogen-bond donors (Lipinski definition) is 0. The molecule has 1 aliphatic carbocycles. The fourth-order valence-electron chi connectivity index (χ4n) is 1.73. The third-order valence-electron chi connectivity index (χ3n) is 2.43. The molecule has 0 aromatic rings. The molecule has 0 N–H and O–H groups in total. The van der Waals surface area contributed by atoms with Gasteiger partial charge in [0.1, 0.15) is 0 Å². The summed E-state index contributed by atoms with van der Waals surface area (Å²) in [6.07, 6.45) is 0. The summed E-state index contributed by atoms with van der Waals surface area (Å²) in [6, 6.07) is 0. The van der Waals surface area contributed by atoms with E-state index in [9.17, 15) is 4.79 Å². The molecule has 0 amide bonds. The van der Waals surface area contributed by atoms with Gasteiger partial charge in [0.25, 0.3) is 0 Å². The smallest absolute Gasteiger partial charge is 0.309 e. The number of ether oxygens (including phenoxy) is 2. The first-order valence-electron chi connectivity index (χ1n) is 3.50. The predicted molar refractivity (Wildman–Crippen MR) is 33.3 cm³/mol. The molecule has 0 radical (unpaired) electrons. The van der Waals surface area contributed by atoms with E-state index in [0.29, 0.717) is 11.8 Å². The maximum atomic E-state index is 10.9. The predicted octanol–water partition coefficient (Wildman–Crippen LogP) is 0.0518. The van der Waals surface area contributed by atoms with Crippen molar-refractivity contribution in [1.82, 2.24) is 0 Å². The molecule has 3 nitrogen and oxygen atoms in total. The molecule has 1 aliphatic heterocycles. The molecule has 0 bridgehead atoms. The monoisotopic (exact) mass is 142 g/mol. The molecule has 1 heterocycles. The summed E-state index contributed by atoms with van der Waals surface area (Å²) in [7, 11) is 1.44. The zero-order chi connectivity index (χ0) is 7.14. The van der Waals surface area contributed by atoms with Crippen molar-refractivity contribution in [3.63, 3.8) is 0 Å². The highest BCUT2D eigenvalue weighted by Crippen LogP contribution is 2.51. The van der Waals surface area contributed by atoms with Crippen LogP contribution in [0, 0.1) is 17.8 Å². The third kappa shape index (κ3) is 0.669. The van der Waals surface area contributed by atoms with Crippen LogP contribution in [-0.2, 0) is 14.3 Å². The Kier molecular flexibility index (Phi) is 1.20. The highest BCUT2D eigenvalue weighted by Gasteiger charge is 2.58. The zero-order valence-electron chi connectivity index (χ0n) is 5.87. The van der Waals surface area contributed by atoms with E-state index in [4.69, 9.17) is 4.74 Å². The summed E-state index contributed by atoms with van der Waals surface area (Å²) >= 11 is 0. The average Bonchev–Trinajstić information content (AvgIpc) is 2.43. The van der Waals surface area contributed by atoms with Crippen LogP contribution in [0.25, 0.3) is 0 Å². The number of fused-ring (bicyclic) bond motifs is 1. The summed E-state index contributed by atoms with van der Waals surface area (Å²) in [5.41, 5.74) is 0. The lowest BCUT2D eigenvalue weighted by atomic mass is 10.3. The molecule has 1 saturated carbocycles. The van der Waals surface area contributed by atoms with Gasteiger partial charge in [-0.3, -0.25) is 4.79 Å². The standard InChI is InChI=1S/C7H10O3/c1-9-7(8)6-4-2-10-3-5(4)6/h4-6H,2-3H2,1H3/t4-,5-/m1/s1. The Bertz CT molecular complexity index is 156. The van der Waals surface area contributed by atoms with Crippen molar-refractivity contribution in [2.75, 3.05) is 20.3 Å². The molecule has 0 aromatic carbocycles. The minimum Gasteiger partial charge on any atom is -0.469 e. The van der Waals surface area contributed by atoms with E-state index in [1.165, 1.54) is 7.11 Å². The summed E-state index contributed by atoms with van der Waals surface area (Å²) in [5.74, 6) is 1.07. The second-order valence-electron chi connectivity index (χ2n) is 2.91. The highest BCUT2D eigenvalue weighted by molar-refractivity contribution is 5.76. The molecule has 0 spiro atoms. The van der Waals surface area contributed by atoms with E-state index < -0.39 is 0 Å². The minimum atomic E-state index is -0.0571. The molecule has 2 atom stereocenters. The number of methoxy groups -OCH3 is 1. The van der Waals surface area contributed by atoms with Crippen LogP contribution >= 0.6 is 0 Å². The van der Waals surface area contributed by atoms with Gasteiger partial charge in [0.15, 0.2) is 0 Å². The van der Waals surface area contributed by atoms with E-state index in [1.54, 1.807) is 0 Å². The van der Waals surface area contributed by atoms with Crippen LogP contribution in [0.4, 0.5) is 0 Å². The van der Waals surface area contributed by atoms with E-state index >= 15 is 0 Å². The summed E-state index contributed by atoms with van der Waals surface area (Å²) in [4.78, 5) is 10.9. The summed E-state index contributed by atoms with van der Waals surface area (Å²) in [5, 5.41) is 0. The lowest BCUT2D eigenvalue weighted by Crippen LogP contribution is -2.10. The maximum Gasteiger partial charge on any atom is 0.309 e. The van der Waals surface area contributed by atoms with Gasteiger partial charge in [0.2, 0.25) is 0 Å². The molecule has 2 aliphatic rings. The molecular formula is C7H10O3. The van der Waals surface area contributed by atoms with E-state index in [-0.39, 0.29) is 11.9 Å². The first-order chi connectivity index (χ1) is 4.84. The van der Waals surface area contributed by atoms with Crippen LogP contribution < -0.4 is 0 Å². The van der Waals surface area contributed by atoms with Crippen molar-refractivity contribution in [3.05, 3.63) is 0 Å². The first-order valence-corrected chi connectivity index (χ1v) is 3.50. The largest absolute Gasteiger partial charge is 0.469 e. The van der Waals surface area contributed by atoms with Gasteiger partial charge in [0.05, 0.1) is 26.2 Å². The van der Waals surface area contributed by atoms with Crippen LogP contribution in [0.15, 0.2) is 0 Å². The van der Waals surface area contributed by atoms with Gasteiger partial charge < -0.3 is 9.47 Å². The van der Waals surface area contributed by atoms with Crippen molar-refractivity contribution < 1.29 is 14.3 Å². The first kappa shape index (κ1) is 6.16. The third-order valence-corrected chi connectivity index (χ3v) is 2.43. The summed E-state index contributed by atoms with van der Waals surface area (Å²) in [6.45, 7) is 1.51. The zero-order valence-corrected chi connectivity index (χ0v) is 5.87. The molecule has 0 aromatic heterocycles. The van der Waals surface area contributed by atoms with Gasteiger partial charge in [-0.1, -0.05) is 0 Å². The van der Waals surface area contributed by atoms with Crippen molar-refractivity contribution in [1.29, 1.82) is 0 Å². The minimum absolute atomic E-state index is 0.0571. The molecule has 10 heavy (non-hydrogen) atoms. The van der Waals surface area contributed by atoms with Gasteiger partial charge in [0, 0.05) is 11.8 Å². The van der Waals surface area contributed by atoms with Crippen LogP contribution in [-0.4, -0.2) is 26.3 Å². The van der Waals surface area contributed by atoms with Crippen molar-refractivity contribution in [3.8, 4) is 0 Å². The number of esters is 1. The Labute approximate surface area is 59.3 Å². The average molecular weight is 142 g/mol. The van der Waals surface area contributed by atoms with E-state index in [1.807, 2.05) is 0 Å². The SMILES string of the molecule is COC(=O)C1[C@@H]2COC[C@@H]12. The number of carbonyl (C=O) groups excluding carboxylic acids is 1. The number of hydrogen-bond acceptors (Lipinski definition) is 3. The van der Waals surface area contributed by atoms with Crippen LogP contribution in [0.1, 0.15) is 0 Å². The topological polar surface area (TPSA) is 35.5 Å². The van der Waals surface area contributed by atoms with Crippen molar-refractivity contribution in [2.24, 2.45) is 17.8 Å². The lowest BCUT2D eigenvalue weighted by Gasteiger charge is -2.00. The van der Waals surface area contributed by atoms with Gasteiger partial charge in [-0.15, -0.1) is 0 Å². The quantitative estimate of drug-likeness (QED) is 0.485. The van der Waals surface area contributed by atoms with Crippen molar-refractivity contribution in [2.45, 2.75) is 0 Å². The summed E-state index contributed by atoms with van der Waals surface area (Å²) < 4.78 is 9.74. The van der Waals surface area contributed by atoms with Gasteiger partial charge in [-0.2, -0.15) is 0 Å². The molecule has 56 valence electrons. The number of rotatable bonds is 1. The van der Waals surface area contributed by atoms with E-state index in [0.717, 1.165) is 13.2 Å². The Morgan fingerprint density at radius 1 is 1.50 bits per heavy atom. The Hall–Kier alpha value is -0.570. The van der Waals surface area contributed by atoms with Crippen LogP contribution in [0.5, 0.6) is 0 Å². The van der Waals surface area contributed by atoms with Crippen molar-refractivity contribution >= 4 is 5.97 Å². The fourth-order valence-corrected chi connectivity index (χ4v) is 1.73. The Morgan fingerprint density at radius 2 is 2.10 bits per heavy atom. The second-order valence-corrected chi connectivity index (χ2v) is 2.91. The number of carbonyl (C=O) groups is 1. The molecule has 2 fully saturated rings. The maximum absolute atomic E-state index is 10.9. The molecule has 3 heteroatoms. The van der Waals surface area contributed by atoms with Crippen LogP contribution in [0.2, 0.25) is 0 Å². The van der Waals surface area contributed by atoms with Gasteiger partial charge in [-0.25, -0.2) is 0 Å². The fraction of sp³-hybridized carbons (Fsp3) is 0.857. The Morgan fingerprint density at radius 3 is 2.60 bits per heavy atom. The normalized spacial score (nSPS) is 42.7. The highest BCUT2D eigenvalue weighted by atomic mass is 16.5. The molecule has 2 rings (SSSR count). The second kappa shape index (κ2) is 1.95. The molecule has 1 saturated heterocycles. The van der Waals surface area contributed by atoms with Crippen LogP contribution in [0.3, 0.4) is 0 Å². The van der Waals surface area contributed by atoms with E-state index in [2.05, 4.69) is 4.74 Å². The Balaban J connectivity index is 1.94. The lowest BCUT2D eigenvalue weighted by molar-refractivity contribution is -0.143.